The third-order valence-corrected chi connectivity index (χ3v) is 1.92. The number of methoxy groups -OCH3 is 1. The SMILES string of the molecule is COC(=O)c1c(C(F)F)nn(C)c1C(F)F. The second-order valence-corrected chi connectivity index (χ2v) is 2.86. The first-order chi connectivity index (χ1) is 7.40. The van der Waals surface area contributed by atoms with Crippen LogP contribution in [0, 0.1) is 0 Å². The Labute approximate surface area is 87.8 Å². The number of esters is 1. The van der Waals surface area contributed by atoms with Crippen molar-refractivity contribution in [1.29, 1.82) is 0 Å². The van der Waals surface area contributed by atoms with Crippen LogP contribution in [-0.2, 0) is 11.8 Å². The fourth-order valence-corrected chi connectivity index (χ4v) is 1.27. The van der Waals surface area contributed by atoms with Crippen LogP contribution in [0.4, 0.5) is 17.6 Å². The van der Waals surface area contributed by atoms with Crippen molar-refractivity contribution in [3.05, 3.63) is 17.0 Å². The fourth-order valence-electron chi connectivity index (χ4n) is 1.27. The Balaban J connectivity index is 3.43. The summed E-state index contributed by atoms with van der Waals surface area (Å²) in [7, 11) is 1.97. The molecule has 0 aliphatic carbocycles. The summed E-state index contributed by atoms with van der Waals surface area (Å²) in [5.74, 6) is -1.25. The first-order valence-electron chi connectivity index (χ1n) is 4.11. The van der Waals surface area contributed by atoms with Crippen LogP contribution in [0.2, 0.25) is 0 Å². The molecule has 1 heterocycles. The molecule has 0 radical (unpaired) electrons. The van der Waals surface area contributed by atoms with E-state index in [0.29, 0.717) is 4.68 Å². The zero-order chi connectivity index (χ0) is 12.5. The van der Waals surface area contributed by atoms with Gasteiger partial charge in [-0.2, -0.15) is 5.10 Å². The van der Waals surface area contributed by atoms with Gasteiger partial charge in [0.25, 0.3) is 12.9 Å². The number of rotatable bonds is 3. The smallest absolute Gasteiger partial charge is 0.342 e. The molecule has 1 aromatic rings. The summed E-state index contributed by atoms with van der Waals surface area (Å²) in [4.78, 5) is 11.1. The zero-order valence-corrected chi connectivity index (χ0v) is 8.38. The van der Waals surface area contributed by atoms with Crippen molar-refractivity contribution in [2.45, 2.75) is 12.9 Å². The Hall–Kier alpha value is -1.60. The molecule has 0 atom stereocenters. The number of hydrogen-bond donors (Lipinski definition) is 0. The van der Waals surface area contributed by atoms with Crippen molar-refractivity contribution in [1.82, 2.24) is 9.78 Å². The zero-order valence-electron chi connectivity index (χ0n) is 8.38. The van der Waals surface area contributed by atoms with Crippen LogP contribution in [0.25, 0.3) is 0 Å². The highest BCUT2D eigenvalue weighted by Gasteiger charge is 2.32. The van der Waals surface area contributed by atoms with Crippen molar-refractivity contribution >= 4 is 5.97 Å². The minimum absolute atomic E-state index is 0.554. The van der Waals surface area contributed by atoms with Crippen LogP contribution >= 0.6 is 0 Å². The monoisotopic (exact) mass is 240 g/mol. The standard InChI is InChI=1S/C8H8F4N2O2/c1-14-5(7(11)12)3(8(15)16-2)4(13-14)6(9)10/h6-7H,1-2H3. The molecule has 0 amide bonds. The number of alkyl halides is 4. The first-order valence-corrected chi connectivity index (χ1v) is 4.11. The number of carbonyl (C=O) groups excluding carboxylic acids is 1. The molecule has 4 nitrogen and oxygen atoms in total. The molecule has 0 bridgehead atoms. The van der Waals surface area contributed by atoms with E-state index in [-0.39, 0.29) is 0 Å². The van der Waals surface area contributed by atoms with Gasteiger partial charge in [-0.05, 0) is 0 Å². The minimum atomic E-state index is -3.12. The highest BCUT2D eigenvalue weighted by molar-refractivity contribution is 5.92. The molecular weight excluding hydrogens is 232 g/mol. The van der Waals surface area contributed by atoms with Gasteiger partial charge in [0.1, 0.15) is 17.0 Å². The second-order valence-electron chi connectivity index (χ2n) is 2.86. The van der Waals surface area contributed by atoms with Gasteiger partial charge in [0.15, 0.2) is 0 Å². The maximum Gasteiger partial charge on any atom is 0.342 e. The van der Waals surface area contributed by atoms with Gasteiger partial charge in [0.2, 0.25) is 0 Å². The summed E-state index contributed by atoms with van der Waals surface area (Å²) in [5.41, 5.74) is -2.73. The van der Waals surface area contributed by atoms with E-state index in [1.165, 1.54) is 0 Å². The van der Waals surface area contributed by atoms with Crippen molar-refractivity contribution in [2.75, 3.05) is 7.11 Å². The Morgan fingerprint density at radius 3 is 2.25 bits per heavy atom. The fraction of sp³-hybridized carbons (Fsp3) is 0.500. The van der Waals surface area contributed by atoms with Crippen molar-refractivity contribution < 1.29 is 27.1 Å². The summed E-state index contributed by atoms with van der Waals surface area (Å²) in [6.07, 6.45) is -6.20. The average Bonchev–Trinajstić information content (AvgIpc) is 2.54. The molecule has 0 fully saturated rings. The van der Waals surface area contributed by atoms with E-state index in [4.69, 9.17) is 0 Å². The lowest BCUT2D eigenvalue weighted by Gasteiger charge is -2.03. The molecule has 0 aromatic carbocycles. The predicted molar refractivity (Wildman–Crippen MR) is 44.5 cm³/mol. The number of carbonyl (C=O) groups is 1. The molecule has 0 aliphatic heterocycles. The molecule has 1 rings (SSSR count). The Morgan fingerprint density at radius 2 is 1.88 bits per heavy atom. The number of aryl methyl sites for hydroxylation is 1. The lowest BCUT2D eigenvalue weighted by Crippen LogP contribution is -2.09. The third kappa shape index (κ3) is 2.00. The summed E-state index contributed by atoms with van der Waals surface area (Å²) >= 11 is 0. The molecule has 16 heavy (non-hydrogen) atoms. The highest BCUT2D eigenvalue weighted by Crippen LogP contribution is 2.30. The molecule has 8 heteroatoms. The van der Waals surface area contributed by atoms with Gasteiger partial charge >= 0.3 is 5.97 Å². The maximum absolute atomic E-state index is 12.5. The number of hydrogen-bond acceptors (Lipinski definition) is 3. The van der Waals surface area contributed by atoms with Crippen LogP contribution in [-0.4, -0.2) is 22.9 Å². The van der Waals surface area contributed by atoms with Crippen molar-refractivity contribution in [3.8, 4) is 0 Å². The molecule has 0 saturated heterocycles. The largest absolute Gasteiger partial charge is 0.465 e. The van der Waals surface area contributed by atoms with Crippen LogP contribution in [0.15, 0.2) is 0 Å². The van der Waals surface area contributed by atoms with Gasteiger partial charge in [-0.1, -0.05) is 0 Å². The summed E-state index contributed by atoms with van der Waals surface area (Å²) in [5, 5.41) is 3.19. The first kappa shape index (κ1) is 12.5. The van der Waals surface area contributed by atoms with E-state index in [9.17, 15) is 22.4 Å². The Bertz CT molecular complexity index is 403. The van der Waals surface area contributed by atoms with Crippen LogP contribution in [0.5, 0.6) is 0 Å². The van der Waals surface area contributed by atoms with E-state index >= 15 is 0 Å². The molecule has 0 unspecified atom stereocenters. The topological polar surface area (TPSA) is 44.1 Å². The lowest BCUT2D eigenvalue weighted by atomic mass is 10.2. The van der Waals surface area contributed by atoms with Gasteiger partial charge in [0.05, 0.1) is 7.11 Å². The summed E-state index contributed by atoms with van der Waals surface area (Å²) < 4.78 is 54.7. The van der Waals surface area contributed by atoms with Gasteiger partial charge in [-0.25, -0.2) is 22.4 Å². The van der Waals surface area contributed by atoms with Crippen LogP contribution < -0.4 is 0 Å². The maximum atomic E-state index is 12.5. The highest BCUT2D eigenvalue weighted by atomic mass is 19.3. The Morgan fingerprint density at radius 1 is 1.31 bits per heavy atom. The van der Waals surface area contributed by atoms with E-state index in [1.807, 2.05) is 0 Å². The minimum Gasteiger partial charge on any atom is -0.465 e. The third-order valence-electron chi connectivity index (χ3n) is 1.92. The number of ether oxygens (including phenoxy) is 1. The van der Waals surface area contributed by atoms with Gasteiger partial charge in [-0.3, -0.25) is 4.68 Å². The molecule has 0 spiro atoms. The summed E-state index contributed by atoms with van der Waals surface area (Å²) in [6.45, 7) is 0. The molecular formula is C8H8F4N2O2. The molecule has 0 saturated carbocycles. The molecule has 1 aromatic heterocycles. The van der Waals surface area contributed by atoms with E-state index in [0.717, 1.165) is 14.2 Å². The average molecular weight is 240 g/mol. The number of halogens is 4. The quantitative estimate of drug-likeness (QED) is 0.600. The Kier molecular flexibility index (Phi) is 3.51. The normalized spacial score (nSPS) is 11.2. The van der Waals surface area contributed by atoms with E-state index in [2.05, 4.69) is 9.84 Å². The lowest BCUT2D eigenvalue weighted by molar-refractivity contribution is 0.0576. The van der Waals surface area contributed by atoms with Crippen molar-refractivity contribution in [2.24, 2.45) is 7.05 Å². The number of nitrogens with zero attached hydrogens (tertiary/aromatic N) is 2. The summed E-state index contributed by atoms with van der Waals surface area (Å²) in [6, 6.07) is 0. The molecule has 0 N–H and O–H groups in total. The molecule has 0 aliphatic rings. The van der Waals surface area contributed by atoms with Gasteiger partial charge in [0, 0.05) is 7.05 Å². The van der Waals surface area contributed by atoms with Crippen LogP contribution in [0.1, 0.15) is 34.6 Å². The van der Waals surface area contributed by atoms with E-state index in [1.54, 1.807) is 0 Å². The second kappa shape index (κ2) is 4.50. The van der Waals surface area contributed by atoms with Crippen LogP contribution in [0.3, 0.4) is 0 Å². The van der Waals surface area contributed by atoms with Gasteiger partial charge in [-0.15, -0.1) is 0 Å². The predicted octanol–water partition coefficient (Wildman–Crippen LogP) is 2.08. The molecule has 90 valence electrons. The van der Waals surface area contributed by atoms with Crippen molar-refractivity contribution in [3.63, 3.8) is 0 Å². The van der Waals surface area contributed by atoms with E-state index < -0.39 is 35.8 Å². The van der Waals surface area contributed by atoms with Gasteiger partial charge < -0.3 is 4.74 Å². The number of aromatic nitrogens is 2.